The Balaban J connectivity index is 1.97. The number of hydrogen-bond donors (Lipinski definition) is 1. The zero-order chi connectivity index (χ0) is 17.0. The zero-order valence-electron chi connectivity index (χ0n) is 13.5. The van der Waals surface area contributed by atoms with Crippen LogP contribution in [-0.4, -0.2) is 16.6 Å². The van der Waals surface area contributed by atoms with Crippen LogP contribution < -0.4 is 5.32 Å². The molecule has 2 atom stereocenters. The molecule has 1 amide bonds. The van der Waals surface area contributed by atoms with Crippen LogP contribution in [0.4, 0.5) is 11.4 Å². The van der Waals surface area contributed by atoms with Gasteiger partial charge in [0.05, 0.1) is 10.3 Å². The minimum absolute atomic E-state index is 0.117. The fourth-order valence-electron chi connectivity index (χ4n) is 4.34. The number of nitro benzene ring substituents is 1. The summed E-state index contributed by atoms with van der Waals surface area (Å²) in [6.07, 6.45) is 1.53. The molecule has 6 heteroatoms. The van der Waals surface area contributed by atoms with Crippen LogP contribution in [0.1, 0.15) is 40.0 Å². The van der Waals surface area contributed by atoms with Crippen LogP contribution in [0.5, 0.6) is 0 Å². The average molecular weight is 316 g/mol. The Morgan fingerprint density at radius 2 is 1.87 bits per heavy atom. The van der Waals surface area contributed by atoms with Gasteiger partial charge in [0.25, 0.3) is 5.69 Å². The normalized spacial score (nSPS) is 31.2. The Kier molecular flexibility index (Phi) is 3.15. The molecule has 0 aliphatic heterocycles. The zero-order valence-corrected chi connectivity index (χ0v) is 13.5. The molecule has 3 rings (SSSR count). The van der Waals surface area contributed by atoms with Gasteiger partial charge in [-0.15, -0.1) is 0 Å². The lowest BCUT2D eigenvalue weighted by atomic mass is 9.64. The summed E-state index contributed by atoms with van der Waals surface area (Å²) in [5.41, 5.74) is -1.71. The Hall–Kier alpha value is -2.24. The quantitative estimate of drug-likeness (QED) is 0.684. The van der Waals surface area contributed by atoms with Crippen LogP contribution in [-0.2, 0) is 9.59 Å². The maximum absolute atomic E-state index is 13.0. The number of Topliss-reactive ketones (excluding diaryl/α,β-unsaturated/α-hetero) is 1. The molecule has 2 fully saturated rings. The molecule has 0 radical (unpaired) electrons. The molecular weight excluding hydrogens is 296 g/mol. The van der Waals surface area contributed by atoms with Gasteiger partial charge in [-0.1, -0.05) is 32.9 Å². The second-order valence-corrected chi connectivity index (χ2v) is 7.37. The van der Waals surface area contributed by atoms with Gasteiger partial charge >= 0.3 is 0 Å². The Labute approximate surface area is 134 Å². The highest BCUT2D eigenvalue weighted by Crippen LogP contribution is 2.70. The first-order valence-electron chi connectivity index (χ1n) is 7.74. The van der Waals surface area contributed by atoms with E-state index in [2.05, 4.69) is 5.32 Å². The number of nitrogens with one attached hydrogen (secondary N) is 1. The average Bonchev–Trinajstić information content (AvgIpc) is 2.78. The van der Waals surface area contributed by atoms with Crippen molar-refractivity contribution in [3.05, 3.63) is 34.4 Å². The summed E-state index contributed by atoms with van der Waals surface area (Å²) in [6, 6.07) is 6.08. The highest BCUT2D eigenvalue weighted by atomic mass is 16.6. The summed E-state index contributed by atoms with van der Waals surface area (Å²) >= 11 is 0. The van der Waals surface area contributed by atoms with Gasteiger partial charge in [0.2, 0.25) is 5.91 Å². The van der Waals surface area contributed by atoms with Crippen LogP contribution in [0.3, 0.4) is 0 Å². The Morgan fingerprint density at radius 3 is 2.39 bits per heavy atom. The first-order valence-corrected chi connectivity index (χ1v) is 7.74. The van der Waals surface area contributed by atoms with Crippen LogP contribution >= 0.6 is 0 Å². The molecule has 0 aromatic heterocycles. The molecule has 1 aromatic carbocycles. The summed E-state index contributed by atoms with van der Waals surface area (Å²) < 4.78 is 0. The monoisotopic (exact) mass is 316 g/mol. The van der Waals surface area contributed by atoms with Crippen molar-refractivity contribution < 1.29 is 14.5 Å². The number of hydrogen-bond acceptors (Lipinski definition) is 4. The number of carbonyl (C=O) groups excluding carboxylic acids is 2. The molecular formula is C17H20N2O4. The lowest BCUT2D eigenvalue weighted by Gasteiger charge is -2.38. The fraction of sp³-hybridized carbons (Fsp3) is 0.529. The highest BCUT2D eigenvalue weighted by molar-refractivity contribution is 6.05. The van der Waals surface area contributed by atoms with Crippen molar-refractivity contribution in [2.24, 2.45) is 16.2 Å². The standard InChI is InChI=1S/C17H20N2O4/c1-15(2)16(3)8-9-17(15,10-13(16)20)14(21)18-11-6-4-5-7-12(11)19(22)23/h4-7H,8-10H2,1-3H3,(H,18,21)/t16-,17-/m0/s1. The van der Waals surface area contributed by atoms with Gasteiger partial charge < -0.3 is 5.32 Å². The number of benzene rings is 1. The molecule has 23 heavy (non-hydrogen) atoms. The summed E-state index contributed by atoms with van der Waals surface area (Å²) in [4.78, 5) is 36.0. The number of ketones is 1. The van der Waals surface area contributed by atoms with E-state index in [9.17, 15) is 19.7 Å². The molecule has 0 heterocycles. The fourth-order valence-corrected chi connectivity index (χ4v) is 4.34. The lowest BCUT2D eigenvalue weighted by molar-refractivity contribution is -0.383. The van der Waals surface area contributed by atoms with Crippen molar-refractivity contribution in [1.82, 2.24) is 0 Å². The molecule has 2 aliphatic rings. The van der Waals surface area contributed by atoms with Crippen molar-refractivity contribution in [2.75, 3.05) is 5.32 Å². The molecule has 0 unspecified atom stereocenters. The second kappa shape index (κ2) is 4.63. The topological polar surface area (TPSA) is 89.3 Å². The highest BCUT2D eigenvalue weighted by Gasteiger charge is 2.72. The van der Waals surface area contributed by atoms with Crippen molar-refractivity contribution in [3.8, 4) is 0 Å². The van der Waals surface area contributed by atoms with E-state index >= 15 is 0 Å². The summed E-state index contributed by atoms with van der Waals surface area (Å²) in [5.74, 6) is -0.169. The molecule has 122 valence electrons. The van der Waals surface area contributed by atoms with E-state index < -0.39 is 21.2 Å². The SMILES string of the molecule is CC1(C)[C@@]2(C(=O)Nc3ccccc3[N+](=O)[O-])CC[C@@]1(C)C(=O)C2. The van der Waals surface area contributed by atoms with Gasteiger partial charge in [0, 0.05) is 17.9 Å². The molecule has 0 saturated heterocycles. The van der Waals surface area contributed by atoms with Gasteiger partial charge in [-0.2, -0.15) is 0 Å². The maximum Gasteiger partial charge on any atom is 0.292 e. The number of para-hydroxylation sites is 2. The second-order valence-electron chi connectivity index (χ2n) is 7.37. The number of amides is 1. The first-order chi connectivity index (χ1) is 10.7. The predicted octanol–water partition coefficient (Wildman–Crippen LogP) is 3.32. The van der Waals surface area contributed by atoms with Gasteiger partial charge in [0.1, 0.15) is 11.5 Å². The summed E-state index contributed by atoms with van der Waals surface area (Å²) in [5, 5.41) is 13.8. The van der Waals surface area contributed by atoms with Crippen LogP contribution in [0.25, 0.3) is 0 Å². The van der Waals surface area contributed by atoms with E-state index in [1.54, 1.807) is 12.1 Å². The van der Waals surface area contributed by atoms with E-state index in [-0.39, 0.29) is 29.5 Å². The summed E-state index contributed by atoms with van der Waals surface area (Å²) in [6.45, 7) is 5.86. The van der Waals surface area contributed by atoms with Gasteiger partial charge in [-0.3, -0.25) is 19.7 Å². The number of rotatable bonds is 3. The third-order valence-corrected chi connectivity index (χ3v) is 6.49. The lowest BCUT2D eigenvalue weighted by Crippen LogP contribution is -2.43. The number of fused-ring (bicyclic) bond motifs is 2. The van der Waals surface area contributed by atoms with Crippen LogP contribution in [0.2, 0.25) is 0 Å². The number of carbonyl (C=O) groups is 2. The molecule has 6 nitrogen and oxygen atoms in total. The smallest absolute Gasteiger partial charge is 0.292 e. The molecule has 0 spiro atoms. The molecule has 2 bridgehead atoms. The third-order valence-electron chi connectivity index (χ3n) is 6.49. The molecule has 2 aliphatic carbocycles. The molecule has 1 N–H and O–H groups in total. The largest absolute Gasteiger partial charge is 0.320 e. The first kappa shape index (κ1) is 15.6. The number of nitro groups is 1. The van der Waals surface area contributed by atoms with Gasteiger partial charge in [0.15, 0.2) is 0 Å². The minimum atomic E-state index is -0.789. The van der Waals surface area contributed by atoms with E-state index in [1.807, 2.05) is 20.8 Å². The van der Waals surface area contributed by atoms with Gasteiger partial charge in [-0.25, -0.2) is 0 Å². The van der Waals surface area contributed by atoms with Crippen molar-refractivity contribution in [2.45, 2.75) is 40.0 Å². The van der Waals surface area contributed by atoms with E-state index in [1.165, 1.54) is 12.1 Å². The van der Waals surface area contributed by atoms with Crippen LogP contribution in [0, 0.1) is 26.4 Å². The number of nitrogens with zero attached hydrogens (tertiary/aromatic N) is 1. The minimum Gasteiger partial charge on any atom is -0.320 e. The van der Waals surface area contributed by atoms with E-state index in [0.29, 0.717) is 12.8 Å². The number of anilines is 1. The van der Waals surface area contributed by atoms with Crippen molar-refractivity contribution >= 4 is 23.1 Å². The Morgan fingerprint density at radius 1 is 1.22 bits per heavy atom. The Bertz CT molecular complexity index is 727. The third kappa shape index (κ3) is 1.81. The maximum atomic E-state index is 13.0. The molecule has 1 aromatic rings. The molecule has 2 saturated carbocycles. The van der Waals surface area contributed by atoms with Gasteiger partial charge in [-0.05, 0) is 24.3 Å². The van der Waals surface area contributed by atoms with Crippen LogP contribution in [0.15, 0.2) is 24.3 Å². The summed E-state index contributed by atoms with van der Waals surface area (Å²) in [7, 11) is 0. The van der Waals surface area contributed by atoms with E-state index in [0.717, 1.165) is 0 Å². The van der Waals surface area contributed by atoms with Crippen molar-refractivity contribution in [3.63, 3.8) is 0 Å². The van der Waals surface area contributed by atoms with E-state index in [4.69, 9.17) is 0 Å². The predicted molar refractivity (Wildman–Crippen MR) is 84.9 cm³/mol. The van der Waals surface area contributed by atoms with Crippen molar-refractivity contribution in [1.29, 1.82) is 0 Å².